The van der Waals surface area contributed by atoms with Gasteiger partial charge < -0.3 is 19.2 Å². The van der Waals surface area contributed by atoms with E-state index in [2.05, 4.69) is 59.0 Å². The predicted octanol–water partition coefficient (Wildman–Crippen LogP) is 8.69. The number of aryl methyl sites for hydroxylation is 3. The van der Waals surface area contributed by atoms with Gasteiger partial charge in [-0.1, -0.05) is 38.5 Å². The molecule has 0 radical (unpaired) electrons. The lowest BCUT2D eigenvalue weighted by Crippen LogP contribution is -2.28. The molecule has 0 unspecified atom stereocenters. The predicted molar refractivity (Wildman–Crippen MR) is 174 cm³/mol. The number of rotatable bonds is 9. The fourth-order valence-electron chi connectivity index (χ4n) is 5.91. The van der Waals surface area contributed by atoms with E-state index in [4.69, 9.17) is 18.9 Å². The lowest BCUT2D eigenvalue weighted by molar-refractivity contribution is 0.0947. The molecule has 1 aliphatic carbocycles. The maximum absolute atomic E-state index is 13.5. The summed E-state index contributed by atoms with van der Waals surface area (Å²) in [6, 6.07) is 13.9. The Morgan fingerprint density at radius 2 is 1.88 bits per heavy atom. The number of amides is 1. The Hall–Kier alpha value is -3.84. The van der Waals surface area contributed by atoms with Gasteiger partial charge in [0.05, 0.1) is 25.5 Å². The van der Waals surface area contributed by atoms with Gasteiger partial charge in [0.1, 0.15) is 17.4 Å². The third-order valence-electron chi connectivity index (χ3n) is 8.43. The van der Waals surface area contributed by atoms with Gasteiger partial charge in [-0.25, -0.2) is 4.99 Å². The molecule has 1 aliphatic rings. The molecule has 43 heavy (non-hydrogen) atoms. The number of fused-ring (bicyclic) bond motifs is 1. The molecule has 2 heterocycles. The fraction of sp³-hybridized carbons (Fsp3) is 0.389. The van der Waals surface area contributed by atoms with Crippen molar-refractivity contribution in [1.82, 2.24) is 5.32 Å². The summed E-state index contributed by atoms with van der Waals surface area (Å²) in [5, 5.41) is 3.78. The molecule has 0 bridgehead atoms. The smallest absolute Gasteiger partial charge is 0.255 e. The molecule has 0 spiro atoms. The molecule has 0 aliphatic heterocycles. The second kappa shape index (κ2) is 12.8. The highest BCUT2D eigenvalue weighted by atomic mass is 32.1. The average Bonchev–Trinajstić information content (AvgIpc) is 3.61. The van der Waals surface area contributed by atoms with E-state index in [9.17, 15) is 4.79 Å². The highest BCUT2D eigenvalue weighted by Gasteiger charge is 2.33. The molecule has 4 aromatic rings. The van der Waals surface area contributed by atoms with Crippen LogP contribution in [-0.2, 0) is 26.0 Å². The lowest BCUT2D eigenvalue weighted by atomic mass is 9.72. The molecule has 5 rings (SSSR count). The second-order valence-corrected chi connectivity index (χ2v) is 13.7. The topological polar surface area (TPSA) is 73.1 Å². The summed E-state index contributed by atoms with van der Waals surface area (Å²) < 4.78 is 17.3. The number of benzene rings is 2. The van der Waals surface area contributed by atoms with Crippen LogP contribution in [0.2, 0.25) is 0 Å². The Balaban J connectivity index is 1.39. The minimum absolute atomic E-state index is 0.113. The SMILES string of the molecule is COc1cc(C=Nc2sc3c(c2C(=O)NCc2ccco2)CC[C@@H](C(C)(C)C)C3)ccc1OCc1c(C)cc(C)cc1C. The number of ether oxygens (including phenoxy) is 2. The summed E-state index contributed by atoms with van der Waals surface area (Å²) in [6.07, 6.45) is 6.34. The number of aliphatic imine (C=N–C) groups is 1. The maximum atomic E-state index is 13.5. The molecule has 2 aromatic heterocycles. The zero-order valence-electron chi connectivity index (χ0n) is 26.3. The molecule has 1 atom stereocenters. The van der Waals surface area contributed by atoms with E-state index in [0.29, 0.717) is 36.1 Å². The Bertz CT molecular complexity index is 1600. The van der Waals surface area contributed by atoms with Gasteiger partial charge >= 0.3 is 0 Å². The zero-order valence-corrected chi connectivity index (χ0v) is 27.1. The average molecular weight is 599 g/mol. The highest BCUT2D eigenvalue weighted by Crippen LogP contribution is 2.45. The number of carbonyl (C=O) groups excluding carboxylic acids is 1. The minimum atomic E-state index is -0.113. The van der Waals surface area contributed by atoms with Crippen LogP contribution in [0.25, 0.3) is 0 Å². The molecule has 7 heteroatoms. The molecular formula is C36H42N2O4S. The summed E-state index contributed by atoms with van der Waals surface area (Å²) in [4.78, 5) is 19.7. The van der Waals surface area contributed by atoms with Gasteiger partial charge in [0.25, 0.3) is 5.91 Å². The van der Waals surface area contributed by atoms with Crippen molar-refractivity contribution in [1.29, 1.82) is 0 Å². The number of methoxy groups -OCH3 is 1. The maximum Gasteiger partial charge on any atom is 0.255 e. The number of hydrogen-bond acceptors (Lipinski definition) is 6. The first kappa shape index (κ1) is 30.6. The Morgan fingerprint density at radius 1 is 1.12 bits per heavy atom. The lowest BCUT2D eigenvalue weighted by Gasteiger charge is -2.33. The molecule has 0 saturated heterocycles. The van der Waals surface area contributed by atoms with Gasteiger partial charge in [0.15, 0.2) is 11.5 Å². The van der Waals surface area contributed by atoms with Crippen molar-refractivity contribution in [3.8, 4) is 11.5 Å². The molecule has 6 nitrogen and oxygen atoms in total. The van der Waals surface area contributed by atoms with Crippen LogP contribution in [0.1, 0.15) is 81.6 Å². The first-order valence-electron chi connectivity index (χ1n) is 14.9. The minimum Gasteiger partial charge on any atom is -0.493 e. The first-order chi connectivity index (χ1) is 20.5. The first-order valence-corrected chi connectivity index (χ1v) is 15.7. The molecule has 0 saturated carbocycles. The van der Waals surface area contributed by atoms with Gasteiger partial charge in [0.2, 0.25) is 0 Å². The van der Waals surface area contributed by atoms with Gasteiger partial charge in [-0.3, -0.25) is 4.79 Å². The quantitative estimate of drug-likeness (QED) is 0.196. The number of nitrogens with zero attached hydrogens (tertiary/aromatic N) is 1. The van der Waals surface area contributed by atoms with Crippen molar-refractivity contribution in [2.45, 2.75) is 74.0 Å². The molecular weight excluding hydrogens is 556 g/mol. The summed E-state index contributed by atoms with van der Waals surface area (Å²) in [5.41, 5.74) is 7.78. The number of carbonyl (C=O) groups is 1. The van der Waals surface area contributed by atoms with E-state index >= 15 is 0 Å². The van der Waals surface area contributed by atoms with Gasteiger partial charge in [-0.15, -0.1) is 11.3 Å². The fourth-order valence-corrected chi connectivity index (χ4v) is 7.18. The van der Waals surface area contributed by atoms with Crippen molar-refractivity contribution in [3.63, 3.8) is 0 Å². The van der Waals surface area contributed by atoms with Crippen LogP contribution in [0.4, 0.5) is 5.00 Å². The van der Waals surface area contributed by atoms with Crippen LogP contribution < -0.4 is 14.8 Å². The molecule has 1 N–H and O–H groups in total. The number of nitrogens with one attached hydrogen (secondary N) is 1. The Morgan fingerprint density at radius 3 is 2.56 bits per heavy atom. The normalized spacial score (nSPS) is 15.0. The standard InChI is InChI=1S/C36H42N2O4S/c1-22-15-23(2)29(24(3)16-22)21-42-30-13-10-25(17-31(30)40-7)19-38-35-33(34(39)37-20-27-9-8-14-41-27)28-12-11-26(36(4,5)6)18-32(28)43-35/h8-10,13-17,19,26H,11-12,18,20-21H2,1-7H3,(H,37,39)/t26-/m1/s1. The van der Waals surface area contributed by atoms with Crippen molar-refractivity contribution in [2.24, 2.45) is 16.3 Å². The number of thiophene rings is 1. The summed E-state index contributed by atoms with van der Waals surface area (Å²) in [5.74, 6) is 2.49. The summed E-state index contributed by atoms with van der Waals surface area (Å²) in [7, 11) is 1.64. The largest absolute Gasteiger partial charge is 0.493 e. The van der Waals surface area contributed by atoms with Crippen LogP contribution in [0.3, 0.4) is 0 Å². The van der Waals surface area contributed by atoms with Gasteiger partial charge in [-0.05, 0) is 110 Å². The van der Waals surface area contributed by atoms with Crippen LogP contribution in [0, 0.1) is 32.1 Å². The van der Waals surface area contributed by atoms with Crippen LogP contribution >= 0.6 is 11.3 Å². The van der Waals surface area contributed by atoms with E-state index in [1.807, 2.05) is 36.5 Å². The Labute approximate surface area is 259 Å². The molecule has 1 amide bonds. The van der Waals surface area contributed by atoms with E-state index in [1.54, 1.807) is 24.7 Å². The van der Waals surface area contributed by atoms with E-state index < -0.39 is 0 Å². The van der Waals surface area contributed by atoms with E-state index in [-0.39, 0.29) is 11.3 Å². The highest BCUT2D eigenvalue weighted by molar-refractivity contribution is 7.16. The van der Waals surface area contributed by atoms with Gasteiger partial charge in [0, 0.05) is 11.1 Å². The van der Waals surface area contributed by atoms with E-state index in [0.717, 1.165) is 41.2 Å². The van der Waals surface area contributed by atoms with Crippen LogP contribution in [0.15, 0.2) is 58.1 Å². The van der Waals surface area contributed by atoms with Crippen LogP contribution in [-0.4, -0.2) is 19.2 Å². The van der Waals surface area contributed by atoms with E-state index in [1.165, 1.54) is 27.1 Å². The number of hydrogen-bond donors (Lipinski definition) is 1. The van der Waals surface area contributed by atoms with Crippen molar-refractivity contribution in [3.05, 3.63) is 98.3 Å². The Kier molecular flexibility index (Phi) is 9.11. The molecule has 2 aromatic carbocycles. The third-order valence-corrected chi connectivity index (χ3v) is 9.60. The molecule has 0 fully saturated rings. The van der Waals surface area contributed by atoms with Crippen LogP contribution in [0.5, 0.6) is 11.5 Å². The summed E-state index contributed by atoms with van der Waals surface area (Å²) in [6.45, 7) is 14.1. The second-order valence-electron chi connectivity index (χ2n) is 12.6. The monoisotopic (exact) mass is 598 g/mol. The molecule has 226 valence electrons. The van der Waals surface area contributed by atoms with Crippen molar-refractivity contribution >= 4 is 28.5 Å². The zero-order chi connectivity index (χ0) is 30.7. The third kappa shape index (κ3) is 7.04. The van der Waals surface area contributed by atoms with Crippen molar-refractivity contribution < 1.29 is 18.7 Å². The number of furan rings is 1. The van der Waals surface area contributed by atoms with Crippen molar-refractivity contribution in [2.75, 3.05) is 7.11 Å². The summed E-state index contributed by atoms with van der Waals surface area (Å²) >= 11 is 1.64. The van der Waals surface area contributed by atoms with Gasteiger partial charge in [-0.2, -0.15) is 0 Å².